The van der Waals surface area contributed by atoms with E-state index in [9.17, 15) is 38.8 Å². The average Bonchev–Trinajstić information content (AvgIpc) is 3.39. The molecule has 0 aromatic heterocycles. The van der Waals surface area contributed by atoms with Gasteiger partial charge in [-0.2, -0.15) is 0 Å². The van der Waals surface area contributed by atoms with Gasteiger partial charge in [-0.1, -0.05) is 23.8 Å². The monoisotopic (exact) mass is 679 g/mol. The van der Waals surface area contributed by atoms with Gasteiger partial charge in [-0.15, -0.1) is 23.2 Å². The van der Waals surface area contributed by atoms with E-state index >= 15 is 0 Å². The van der Waals surface area contributed by atoms with Crippen LogP contribution in [0, 0.1) is 33.7 Å². The number of phenols is 1. The number of nitrogens with zero attached hydrogens (tertiary/aromatic N) is 3. The number of halogens is 3. The molecular weight excluding hydrogens is 656 g/mol. The molecule has 4 aliphatic rings. The number of benzene rings is 3. The average molecular weight is 680 g/mol. The lowest BCUT2D eigenvalue weighted by Gasteiger charge is -2.50. The van der Waals surface area contributed by atoms with Crippen molar-refractivity contribution in [3.63, 3.8) is 0 Å². The molecule has 0 spiro atoms. The number of non-ortho nitro benzene ring substituents is 1. The minimum Gasteiger partial charge on any atom is -0.508 e. The molecule has 2 heterocycles. The number of hydrogen-bond acceptors (Lipinski definition) is 8. The lowest BCUT2D eigenvalue weighted by Crippen LogP contribution is -2.60. The lowest BCUT2D eigenvalue weighted by atomic mass is 9.56. The van der Waals surface area contributed by atoms with Crippen LogP contribution in [0.4, 0.5) is 21.5 Å². The Hall–Kier alpha value is -4.81. The summed E-state index contributed by atoms with van der Waals surface area (Å²) in [5.74, 6) is -7.79. The second-order valence-corrected chi connectivity index (χ2v) is 13.2. The molecule has 1 saturated carbocycles. The van der Waals surface area contributed by atoms with Crippen molar-refractivity contribution in [3.8, 4) is 11.5 Å². The summed E-state index contributed by atoms with van der Waals surface area (Å²) in [5.41, 5.74) is 0.295. The molecule has 3 aromatic carbocycles. The number of phenolic OH excluding ortho intramolecular Hbond substituents is 1. The molecule has 4 amide bonds. The highest BCUT2D eigenvalue weighted by Gasteiger charge is 2.77. The van der Waals surface area contributed by atoms with Gasteiger partial charge in [-0.25, -0.2) is 14.2 Å². The van der Waals surface area contributed by atoms with Gasteiger partial charge in [0.15, 0.2) is 9.75 Å². The smallest absolute Gasteiger partial charge is 0.271 e. The maximum absolute atomic E-state index is 14.4. The van der Waals surface area contributed by atoms with Crippen molar-refractivity contribution in [3.05, 3.63) is 99.9 Å². The quantitative estimate of drug-likeness (QED) is 0.127. The van der Waals surface area contributed by atoms with E-state index in [0.29, 0.717) is 11.3 Å². The molecular formula is C33H24Cl2FN3O8. The number of nitro groups is 1. The second-order valence-electron chi connectivity index (χ2n) is 12.0. The normalized spacial score (nSPS) is 29.7. The third kappa shape index (κ3) is 4.17. The Bertz CT molecular complexity index is 1950. The maximum atomic E-state index is 14.4. The van der Waals surface area contributed by atoms with Crippen LogP contribution < -0.4 is 14.5 Å². The molecule has 0 unspecified atom stereocenters. The zero-order valence-corrected chi connectivity index (χ0v) is 25.9. The van der Waals surface area contributed by atoms with E-state index in [-0.39, 0.29) is 41.2 Å². The Morgan fingerprint density at radius 2 is 1.66 bits per heavy atom. The number of allylic oxidation sites excluding steroid dienone is 2. The van der Waals surface area contributed by atoms with Crippen molar-refractivity contribution in [2.24, 2.45) is 17.8 Å². The summed E-state index contributed by atoms with van der Waals surface area (Å²) in [6.07, 6.45) is 1.41. The third-order valence-corrected chi connectivity index (χ3v) is 11.2. The van der Waals surface area contributed by atoms with Crippen molar-refractivity contribution in [2.45, 2.75) is 28.5 Å². The van der Waals surface area contributed by atoms with Gasteiger partial charge in [-0.3, -0.25) is 29.3 Å². The number of amides is 4. The highest BCUT2D eigenvalue weighted by atomic mass is 35.5. The molecule has 3 aromatic rings. The van der Waals surface area contributed by atoms with Gasteiger partial charge >= 0.3 is 0 Å². The van der Waals surface area contributed by atoms with Crippen molar-refractivity contribution in [1.29, 1.82) is 0 Å². The van der Waals surface area contributed by atoms with Crippen molar-refractivity contribution in [2.75, 3.05) is 16.9 Å². The van der Waals surface area contributed by atoms with E-state index in [0.717, 1.165) is 28.0 Å². The Kier molecular flexibility index (Phi) is 6.96. The molecule has 11 nitrogen and oxygen atoms in total. The Morgan fingerprint density at radius 1 is 0.936 bits per heavy atom. The second kappa shape index (κ2) is 10.6. The van der Waals surface area contributed by atoms with Crippen LogP contribution in [0.15, 0.2) is 78.4 Å². The third-order valence-electron chi connectivity index (χ3n) is 9.74. The van der Waals surface area contributed by atoms with Gasteiger partial charge in [0, 0.05) is 29.7 Å². The summed E-state index contributed by atoms with van der Waals surface area (Å²) >= 11 is 14.6. The van der Waals surface area contributed by atoms with Crippen molar-refractivity contribution >= 4 is 63.9 Å². The van der Waals surface area contributed by atoms with E-state index < -0.39 is 67.8 Å². The van der Waals surface area contributed by atoms with Crippen molar-refractivity contribution < 1.29 is 38.3 Å². The summed E-state index contributed by atoms with van der Waals surface area (Å²) < 4.78 is 19.1. The minimum absolute atomic E-state index is 0.0205. The van der Waals surface area contributed by atoms with E-state index in [4.69, 9.17) is 27.9 Å². The molecule has 7 rings (SSSR count). The molecule has 14 heteroatoms. The van der Waals surface area contributed by atoms with Gasteiger partial charge in [-0.05, 0) is 55.2 Å². The molecule has 240 valence electrons. The SMILES string of the molecule is COc1ccc([C@H]2C3=CC[C@@H]4C(=O)N(c5cccc([N+](=O)[O-])c5)C(=O)[C@@H]4[C@@H]3C[C@@]3(Cl)C(=O)N(c4ccc(F)cc4)C(=O)[C@@]23Cl)c(O)c1. The summed E-state index contributed by atoms with van der Waals surface area (Å²) in [5, 5.41) is 22.7. The summed E-state index contributed by atoms with van der Waals surface area (Å²) in [7, 11) is 1.40. The lowest BCUT2D eigenvalue weighted by molar-refractivity contribution is -0.384. The van der Waals surface area contributed by atoms with Crippen LogP contribution in [-0.2, 0) is 19.2 Å². The fraction of sp³-hybridized carbons (Fsp3) is 0.273. The molecule has 6 atom stereocenters. The number of carbonyl (C=O) groups excluding carboxylic acids is 4. The van der Waals surface area contributed by atoms with Crippen LogP contribution in [0.1, 0.15) is 24.3 Å². The molecule has 0 radical (unpaired) electrons. The van der Waals surface area contributed by atoms with E-state index in [1.165, 1.54) is 55.6 Å². The van der Waals surface area contributed by atoms with Crippen LogP contribution >= 0.6 is 23.2 Å². The Labute approximate surface area is 276 Å². The topological polar surface area (TPSA) is 147 Å². The number of fused-ring (bicyclic) bond motifs is 4. The first-order valence-corrected chi connectivity index (χ1v) is 15.3. The van der Waals surface area contributed by atoms with Crippen LogP contribution in [0.3, 0.4) is 0 Å². The number of methoxy groups -OCH3 is 1. The van der Waals surface area contributed by atoms with Crippen LogP contribution in [0.5, 0.6) is 11.5 Å². The highest BCUT2D eigenvalue weighted by molar-refractivity contribution is 6.58. The zero-order chi connectivity index (χ0) is 33.6. The Morgan fingerprint density at radius 3 is 2.32 bits per heavy atom. The van der Waals surface area contributed by atoms with Gasteiger partial charge < -0.3 is 9.84 Å². The number of imide groups is 2. The number of carbonyl (C=O) groups is 4. The number of anilines is 2. The van der Waals surface area contributed by atoms with Crippen LogP contribution in [0.2, 0.25) is 0 Å². The summed E-state index contributed by atoms with van der Waals surface area (Å²) in [6.45, 7) is 0. The Balaban J connectivity index is 1.39. The highest BCUT2D eigenvalue weighted by Crippen LogP contribution is 2.66. The molecule has 2 saturated heterocycles. The number of aromatic hydroxyl groups is 1. The first-order chi connectivity index (χ1) is 22.3. The van der Waals surface area contributed by atoms with Gasteiger partial charge in [0.2, 0.25) is 11.8 Å². The fourth-order valence-corrected chi connectivity index (χ4v) is 8.57. The molecule has 2 aliphatic heterocycles. The molecule has 3 fully saturated rings. The molecule has 47 heavy (non-hydrogen) atoms. The maximum Gasteiger partial charge on any atom is 0.271 e. The predicted octanol–water partition coefficient (Wildman–Crippen LogP) is 5.22. The summed E-state index contributed by atoms with van der Waals surface area (Å²) in [4.78, 5) is 64.7. The van der Waals surface area contributed by atoms with Crippen LogP contribution in [0.25, 0.3) is 0 Å². The number of ether oxygens (including phenoxy) is 1. The first kappa shape index (κ1) is 30.8. The molecule has 2 aliphatic carbocycles. The van der Waals surface area contributed by atoms with Gasteiger partial charge in [0.1, 0.15) is 17.3 Å². The van der Waals surface area contributed by atoms with Gasteiger partial charge in [0.05, 0.1) is 35.2 Å². The number of hydrogen-bond donors (Lipinski definition) is 1. The molecule has 1 N–H and O–H groups in total. The van der Waals surface area contributed by atoms with Crippen LogP contribution in [-0.4, -0.2) is 50.5 Å². The largest absolute Gasteiger partial charge is 0.508 e. The van der Waals surface area contributed by atoms with E-state index in [1.807, 2.05) is 0 Å². The first-order valence-electron chi connectivity index (χ1n) is 14.5. The standard InChI is InChI=1S/C33H24Cl2FN3O8/c1-47-20-9-10-22(25(40)14-20)27-21-11-12-23-26(29(42)37(28(23)41)18-3-2-4-19(13-18)39(45)46)24(21)15-32(34)30(43)38(31(44)33(27,32)35)17-7-5-16(36)6-8-17/h2-11,13-14,23-24,26-27,40H,12,15H2,1H3/t23-,24+,26-,27+,32+,33-/m0/s1. The van der Waals surface area contributed by atoms with Gasteiger partial charge in [0.25, 0.3) is 17.5 Å². The number of alkyl halides is 2. The number of rotatable bonds is 5. The fourth-order valence-electron chi connectivity index (χ4n) is 7.64. The van der Waals surface area contributed by atoms with E-state index in [2.05, 4.69) is 0 Å². The molecule has 0 bridgehead atoms. The zero-order valence-electron chi connectivity index (χ0n) is 24.4. The number of nitro benzene ring substituents is 1. The van der Waals surface area contributed by atoms with Crippen molar-refractivity contribution in [1.82, 2.24) is 0 Å². The predicted molar refractivity (Wildman–Crippen MR) is 167 cm³/mol. The van der Waals surface area contributed by atoms with E-state index in [1.54, 1.807) is 6.08 Å². The minimum atomic E-state index is -2.23. The summed E-state index contributed by atoms with van der Waals surface area (Å²) in [6, 6.07) is 14.1.